The van der Waals surface area contributed by atoms with E-state index in [-0.39, 0.29) is 35.5 Å². The van der Waals surface area contributed by atoms with E-state index < -0.39 is 28.5 Å². The third kappa shape index (κ3) is 8.66. The predicted octanol–water partition coefficient (Wildman–Crippen LogP) is 6.97. The van der Waals surface area contributed by atoms with Gasteiger partial charge in [-0.25, -0.2) is 8.42 Å². The van der Waals surface area contributed by atoms with Crippen LogP contribution in [-0.4, -0.2) is 43.8 Å². The van der Waals surface area contributed by atoms with Gasteiger partial charge >= 0.3 is 0 Å². The van der Waals surface area contributed by atoms with Crippen LogP contribution in [0.2, 0.25) is 10.0 Å². The van der Waals surface area contributed by atoms with Crippen LogP contribution in [0.25, 0.3) is 0 Å². The van der Waals surface area contributed by atoms with Crippen molar-refractivity contribution < 1.29 is 18.0 Å². The fraction of sp³-hybridized carbons (Fsp3) is 0.257. The first-order valence-corrected chi connectivity index (χ1v) is 16.8. The molecule has 0 aliphatic heterocycles. The van der Waals surface area contributed by atoms with Gasteiger partial charge in [0.2, 0.25) is 11.8 Å². The van der Waals surface area contributed by atoms with E-state index in [1.54, 1.807) is 48.5 Å². The zero-order valence-corrected chi connectivity index (χ0v) is 28.0. The lowest BCUT2D eigenvalue weighted by molar-refractivity contribution is -0.140. The molecule has 2 amide bonds. The van der Waals surface area contributed by atoms with Gasteiger partial charge in [0, 0.05) is 29.1 Å². The lowest BCUT2D eigenvalue weighted by Gasteiger charge is -2.34. The van der Waals surface area contributed by atoms with Crippen LogP contribution in [0.4, 0.5) is 5.69 Å². The number of nitrogens with zero attached hydrogens (tertiary/aromatic N) is 2. The van der Waals surface area contributed by atoms with Crippen LogP contribution in [0.15, 0.2) is 102 Å². The molecule has 4 rings (SSSR count). The van der Waals surface area contributed by atoms with Crippen LogP contribution >= 0.6 is 23.2 Å². The van der Waals surface area contributed by atoms with Gasteiger partial charge < -0.3 is 10.2 Å². The van der Waals surface area contributed by atoms with Crippen LogP contribution in [0.1, 0.15) is 36.1 Å². The van der Waals surface area contributed by atoms with Crippen molar-refractivity contribution in [3.8, 4) is 0 Å². The molecule has 0 bridgehead atoms. The molecule has 0 heterocycles. The van der Waals surface area contributed by atoms with Gasteiger partial charge in [-0.3, -0.25) is 13.9 Å². The Morgan fingerprint density at radius 2 is 1.47 bits per heavy atom. The maximum atomic E-state index is 14.5. The summed E-state index contributed by atoms with van der Waals surface area (Å²) in [4.78, 5) is 29.7. The normalized spacial score (nSPS) is 12.1. The Balaban J connectivity index is 1.83. The molecule has 1 N–H and O–H groups in total. The number of nitrogens with one attached hydrogen (secondary N) is 1. The number of benzene rings is 4. The third-order valence-electron chi connectivity index (χ3n) is 7.33. The standard InChI is InChI=1S/C35H37Cl2N3O4S/c1-24(2)38-35(42)33(20-27-10-6-5-7-11-27)39(22-28-12-8-9-13-31(28)36)34(41)23-40(29-17-16-26(4)32(37)21-29)45(43,44)30-18-14-25(3)15-19-30/h5-19,21,24,33H,20,22-23H2,1-4H3,(H,38,42). The number of hydrogen-bond acceptors (Lipinski definition) is 4. The molecule has 0 fully saturated rings. The van der Waals surface area contributed by atoms with Crippen molar-refractivity contribution in [3.05, 3.63) is 129 Å². The van der Waals surface area contributed by atoms with E-state index >= 15 is 0 Å². The first kappa shape index (κ1) is 34.0. The van der Waals surface area contributed by atoms with Gasteiger partial charge in [0.05, 0.1) is 10.6 Å². The van der Waals surface area contributed by atoms with Gasteiger partial charge in [0.25, 0.3) is 10.0 Å². The fourth-order valence-corrected chi connectivity index (χ4v) is 6.62. The summed E-state index contributed by atoms with van der Waals surface area (Å²) in [7, 11) is -4.23. The first-order valence-electron chi connectivity index (χ1n) is 14.6. The number of carbonyl (C=O) groups is 2. The Labute approximate surface area is 275 Å². The highest BCUT2D eigenvalue weighted by Crippen LogP contribution is 2.29. The van der Waals surface area contributed by atoms with Crippen LogP contribution < -0.4 is 9.62 Å². The first-order chi connectivity index (χ1) is 21.4. The van der Waals surface area contributed by atoms with Gasteiger partial charge in [-0.2, -0.15) is 0 Å². The summed E-state index contributed by atoms with van der Waals surface area (Å²) in [6.07, 6.45) is 0.205. The van der Waals surface area contributed by atoms with Gasteiger partial charge in [0.1, 0.15) is 12.6 Å². The van der Waals surface area contributed by atoms with E-state index in [9.17, 15) is 18.0 Å². The number of carbonyl (C=O) groups excluding carboxylic acids is 2. The molecule has 10 heteroatoms. The molecule has 1 unspecified atom stereocenters. The maximum absolute atomic E-state index is 14.5. The highest BCUT2D eigenvalue weighted by Gasteiger charge is 2.35. The number of halogens is 2. The minimum Gasteiger partial charge on any atom is -0.352 e. The van der Waals surface area contributed by atoms with Gasteiger partial charge in [-0.05, 0) is 74.7 Å². The molecule has 0 saturated carbocycles. The summed E-state index contributed by atoms with van der Waals surface area (Å²) in [5, 5.41) is 3.72. The van der Waals surface area contributed by atoms with Crippen LogP contribution in [0, 0.1) is 13.8 Å². The van der Waals surface area contributed by atoms with Crippen molar-refractivity contribution in [1.29, 1.82) is 0 Å². The smallest absolute Gasteiger partial charge is 0.264 e. The van der Waals surface area contributed by atoms with Crippen molar-refractivity contribution in [2.45, 2.75) is 57.6 Å². The molecule has 4 aromatic rings. The highest BCUT2D eigenvalue weighted by molar-refractivity contribution is 7.92. The summed E-state index contributed by atoms with van der Waals surface area (Å²) < 4.78 is 29.4. The average molecular weight is 667 g/mol. The van der Waals surface area contributed by atoms with Gasteiger partial charge in [-0.15, -0.1) is 0 Å². The third-order valence-corrected chi connectivity index (χ3v) is 9.90. The second-order valence-corrected chi connectivity index (χ2v) is 13.9. The number of rotatable bonds is 12. The lowest BCUT2D eigenvalue weighted by atomic mass is 10.0. The zero-order chi connectivity index (χ0) is 32.7. The maximum Gasteiger partial charge on any atom is 0.264 e. The number of sulfonamides is 1. The van der Waals surface area contributed by atoms with E-state index in [1.807, 2.05) is 58.0 Å². The predicted molar refractivity (Wildman–Crippen MR) is 181 cm³/mol. The van der Waals surface area contributed by atoms with Crippen LogP contribution in [0.3, 0.4) is 0 Å². The SMILES string of the molecule is Cc1ccc(S(=O)(=O)N(CC(=O)N(Cc2ccccc2Cl)C(Cc2ccccc2)C(=O)NC(C)C)c2ccc(C)c(Cl)c2)cc1. The fourth-order valence-electron chi connectivity index (χ4n) is 4.85. The quantitative estimate of drug-likeness (QED) is 0.177. The Morgan fingerprint density at radius 3 is 2.09 bits per heavy atom. The average Bonchev–Trinajstić information content (AvgIpc) is 3.00. The highest BCUT2D eigenvalue weighted by atomic mass is 35.5. The Bertz CT molecular complexity index is 1750. The van der Waals surface area contributed by atoms with E-state index in [1.165, 1.54) is 23.1 Å². The molecule has 1 atom stereocenters. The molecular formula is C35H37Cl2N3O4S. The molecule has 0 aliphatic carbocycles. The molecule has 0 aromatic heterocycles. The van der Waals surface area contributed by atoms with Crippen molar-refractivity contribution in [3.63, 3.8) is 0 Å². The summed E-state index contributed by atoms with van der Waals surface area (Å²) in [5.41, 5.74) is 3.33. The largest absolute Gasteiger partial charge is 0.352 e. The molecule has 45 heavy (non-hydrogen) atoms. The van der Waals surface area contributed by atoms with Crippen LogP contribution in [-0.2, 0) is 32.6 Å². The topological polar surface area (TPSA) is 86.8 Å². The Morgan fingerprint density at radius 1 is 0.822 bits per heavy atom. The molecule has 4 aromatic carbocycles. The van der Waals surface area contributed by atoms with Crippen LogP contribution in [0.5, 0.6) is 0 Å². The van der Waals surface area contributed by atoms with Crippen molar-refractivity contribution in [2.75, 3.05) is 10.8 Å². The number of hydrogen-bond donors (Lipinski definition) is 1. The minimum absolute atomic E-state index is 0.0193. The molecule has 0 saturated heterocycles. The molecule has 0 aliphatic rings. The van der Waals surface area contributed by atoms with Gasteiger partial charge in [0.15, 0.2) is 0 Å². The molecular weight excluding hydrogens is 629 g/mol. The Kier molecular flexibility index (Phi) is 11.3. The minimum atomic E-state index is -4.23. The number of amides is 2. The van der Waals surface area contributed by atoms with E-state index in [2.05, 4.69) is 5.32 Å². The summed E-state index contributed by atoms with van der Waals surface area (Å²) in [6, 6.07) is 26.5. The van der Waals surface area contributed by atoms with Crippen molar-refractivity contribution in [1.82, 2.24) is 10.2 Å². The molecule has 0 radical (unpaired) electrons. The summed E-state index contributed by atoms with van der Waals surface area (Å²) in [5.74, 6) is -0.942. The summed E-state index contributed by atoms with van der Waals surface area (Å²) >= 11 is 13.0. The second-order valence-electron chi connectivity index (χ2n) is 11.2. The molecule has 236 valence electrons. The molecule has 7 nitrogen and oxygen atoms in total. The Hall–Kier alpha value is -3.85. The monoisotopic (exact) mass is 665 g/mol. The molecule has 0 spiro atoms. The van der Waals surface area contributed by atoms with E-state index in [4.69, 9.17) is 23.2 Å². The van der Waals surface area contributed by atoms with E-state index in [0.717, 1.165) is 21.0 Å². The lowest BCUT2D eigenvalue weighted by Crippen LogP contribution is -2.54. The number of anilines is 1. The summed E-state index contributed by atoms with van der Waals surface area (Å²) in [6.45, 7) is 6.75. The van der Waals surface area contributed by atoms with Gasteiger partial charge in [-0.1, -0.05) is 95.5 Å². The number of aryl methyl sites for hydroxylation is 2. The second kappa shape index (κ2) is 15.0. The van der Waals surface area contributed by atoms with E-state index in [0.29, 0.717) is 15.6 Å². The van der Waals surface area contributed by atoms with Crippen molar-refractivity contribution in [2.24, 2.45) is 0 Å². The zero-order valence-electron chi connectivity index (χ0n) is 25.7. The van der Waals surface area contributed by atoms with Crippen molar-refractivity contribution >= 4 is 50.7 Å².